The number of benzene rings is 2. The first-order chi connectivity index (χ1) is 13.6. The average Bonchev–Trinajstić information content (AvgIpc) is 3.07. The Balaban J connectivity index is 1.56. The number of thioether (sulfide) groups is 1. The normalized spacial score (nSPS) is 12.4. The number of nitrogens with zero attached hydrogens (tertiary/aromatic N) is 3. The van der Waals surface area contributed by atoms with E-state index in [1.165, 1.54) is 11.8 Å². The predicted octanol–water partition coefficient (Wildman–Crippen LogP) is 4.98. The number of carbonyl (C=O) groups is 1. The van der Waals surface area contributed by atoms with E-state index in [2.05, 4.69) is 25.5 Å². The Hall–Kier alpha value is -2.64. The van der Waals surface area contributed by atoms with Crippen LogP contribution in [0.2, 0.25) is 5.02 Å². The van der Waals surface area contributed by atoms with E-state index in [9.17, 15) is 4.79 Å². The summed E-state index contributed by atoms with van der Waals surface area (Å²) in [5.41, 5.74) is 3.91. The SMILES string of the molecule is CCC(Sc1nnc2c(n1)[nH]c1ccccc12)C(=O)Nc1cccc(Cl)c1C. The third-order valence-corrected chi connectivity index (χ3v) is 6.16. The predicted molar refractivity (Wildman–Crippen MR) is 114 cm³/mol. The molecule has 142 valence electrons. The second-order valence-corrected chi connectivity index (χ2v) is 7.96. The van der Waals surface area contributed by atoms with Gasteiger partial charge >= 0.3 is 0 Å². The number of H-pyrrole nitrogens is 1. The van der Waals surface area contributed by atoms with Crippen LogP contribution in [-0.4, -0.2) is 31.3 Å². The molecule has 1 unspecified atom stereocenters. The number of halogens is 1. The summed E-state index contributed by atoms with van der Waals surface area (Å²) in [5.74, 6) is -0.113. The first kappa shape index (κ1) is 18.7. The van der Waals surface area contributed by atoms with E-state index in [1.807, 2.05) is 50.2 Å². The lowest BCUT2D eigenvalue weighted by molar-refractivity contribution is -0.115. The van der Waals surface area contributed by atoms with Crippen molar-refractivity contribution in [2.75, 3.05) is 5.32 Å². The second kappa shape index (κ2) is 7.77. The van der Waals surface area contributed by atoms with Gasteiger partial charge in [0.05, 0.1) is 5.25 Å². The van der Waals surface area contributed by atoms with Crippen molar-refractivity contribution in [1.29, 1.82) is 0 Å². The van der Waals surface area contributed by atoms with E-state index in [1.54, 1.807) is 6.07 Å². The summed E-state index contributed by atoms with van der Waals surface area (Å²) in [5, 5.41) is 13.2. The van der Waals surface area contributed by atoms with E-state index in [-0.39, 0.29) is 11.2 Å². The van der Waals surface area contributed by atoms with E-state index in [0.29, 0.717) is 27.9 Å². The van der Waals surface area contributed by atoms with Crippen molar-refractivity contribution in [1.82, 2.24) is 20.2 Å². The molecule has 6 nitrogen and oxygen atoms in total. The molecular formula is C20H18ClN5OS. The van der Waals surface area contributed by atoms with E-state index >= 15 is 0 Å². The molecule has 0 bridgehead atoms. The zero-order valence-corrected chi connectivity index (χ0v) is 16.9. The van der Waals surface area contributed by atoms with E-state index < -0.39 is 0 Å². The lowest BCUT2D eigenvalue weighted by Crippen LogP contribution is -2.25. The summed E-state index contributed by atoms with van der Waals surface area (Å²) in [6.07, 6.45) is 0.629. The lowest BCUT2D eigenvalue weighted by Gasteiger charge is -2.15. The summed E-state index contributed by atoms with van der Waals surface area (Å²) in [7, 11) is 0. The Kier molecular flexibility index (Phi) is 5.19. The molecule has 4 rings (SSSR count). The highest BCUT2D eigenvalue weighted by Crippen LogP contribution is 2.28. The van der Waals surface area contributed by atoms with Gasteiger partial charge < -0.3 is 10.3 Å². The van der Waals surface area contributed by atoms with Gasteiger partial charge in [-0.15, -0.1) is 10.2 Å². The Morgan fingerprint density at radius 2 is 2.04 bits per heavy atom. The molecule has 0 fully saturated rings. The highest BCUT2D eigenvalue weighted by molar-refractivity contribution is 8.00. The molecule has 0 aliphatic heterocycles. The van der Waals surface area contributed by atoms with Gasteiger partial charge in [0.2, 0.25) is 11.1 Å². The fourth-order valence-corrected chi connectivity index (χ4v) is 3.95. The number of aromatic nitrogens is 4. The van der Waals surface area contributed by atoms with Crippen LogP contribution in [0.4, 0.5) is 5.69 Å². The maximum Gasteiger partial charge on any atom is 0.237 e. The van der Waals surface area contributed by atoms with Crippen molar-refractivity contribution in [2.45, 2.75) is 30.7 Å². The second-order valence-electron chi connectivity index (χ2n) is 6.38. The highest BCUT2D eigenvalue weighted by Gasteiger charge is 2.21. The fraction of sp³-hybridized carbons (Fsp3) is 0.200. The van der Waals surface area contributed by atoms with E-state index in [0.717, 1.165) is 22.0 Å². The van der Waals surface area contributed by atoms with Gasteiger partial charge in [-0.2, -0.15) is 0 Å². The number of amides is 1. The number of anilines is 1. The molecular weight excluding hydrogens is 394 g/mol. The smallest absolute Gasteiger partial charge is 0.237 e. The standard InChI is InChI=1S/C20H18ClN5OS/c1-3-16(19(27)23-14-10-6-8-13(21)11(14)2)28-20-24-18-17(25-26-20)12-7-4-5-9-15(12)22-18/h4-10,16H,3H2,1-2H3,(H,23,27)(H,22,24,26). The first-order valence-electron chi connectivity index (χ1n) is 8.90. The number of para-hydroxylation sites is 1. The van der Waals surface area contributed by atoms with Crippen LogP contribution >= 0.6 is 23.4 Å². The number of hydrogen-bond acceptors (Lipinski definition) is 5. The summed E-state index contributed by atoms with van der Waals surface area (Å²) in [4.78, 5) is 20.6. The largest absolute Gasteiger partial charge is 0.338 e. The van der Waals surface area contributed by atoms with Crippen LogP contribution in [-0.2, 0) is 4.79 Å². The van der Waals surface area contributed by atoms with Crippen molar-refractivity contribution < 1.29 is 4.79 Å². The van der Waals surface area contributed by atoms with Gasteiger partial charge in [-0.25, -0.2) is 4.98 Å². The van der Waals surface area contributed by atoms with Crippen LogP contribution < -0.4 is 5.32 Å². The maximum absolute atomic E-state index is 12.8. The molecule has 0 radical (unpaired) electrons. The molecule has 4 aromatic rings. The van der Waals surface area contributed by atoms with E-state index in [4.69, 9.17) is 11.6 Å². The van der Waals surface area contributed by atoms with Crippen LogP contribution in [0, 0.1) is 6.92 Å². The molecule has 2 aromatic carbocycles. The molecule has 0 saturated heterocycles. The van der Waals surface area contributed by atoms with Crippen molar-refractivity contribution in [3.63, 3.8) is 0 Å². The highest BCUT2D eigenvalue weighted by atomic mass is 35.5. The molecule has 0 spiro atoms. The molecule has 2 heterocycles. The minimum atomic E-state index is -0.345. The van der Waals surface area contributed by atoms with Crippen molar-refractivity contribution in [3.05, 3.63) is 53.1 Å². The van der Waals surface area contributed by atoms with Crippen molar-refractivity contribution >= 4 is 57.0 Å². The van der Waals surface area contributed by atoms with Crippen LogP contribution in [0.15, 0.2) is 47.6 Å². The van der Waals surface area contributed by atoms with Gasteiger partial charge in [-0.1, -0.05) is 54.6 Å². The topological polar surface area (TPSA) is 83.6 Å². The molecule has 1 atom stereocenters. The minimum absolute atomic E-state index is 0.113. The van der Waals surface area contributed by atoms with Crippen LogP contribution in [0.5, 0.6) is 0 Å². The molecule has 2 aromatic heterocycles. The molecule has 28 heavy (non-hydrogen) atoms. The maximum atomic E-state index is 12.8. The molecule has 8 heteroatoms. The zero-order valence-electron chi connectivity index (χ0n) is 15.4. The van der Waals surface area contributed by atoms with Gasteiger partial charge in [0.25, 0.3) is 0 Å². The van der Waals surface area contributed by atoms with Crippen molar-refractivity contribution in [2.24, 2.45) is 0 Å². The van der Waals surface area contributed by atoms with Gasteiger partial charge in [-0.05, 0) is 37.1 Å². The van der Waals surface area contributed by atoms with Crippen molar-refractivity contribution in [3.8, 4) is 0 Å². The van der Waals surface area contributed by atoms with Gasteiger partial charge in [0.1, 0.15) is 5.52 Å². The number of hydrogen-bond donors (Lipinski definition) is 2. The Morgan fingerprint density at radius 3 is 2.86 bits per heavy atom. The Bertz CT molecular complexity index is 1180. The fourth-order valence-electron chi connectivity index (χ4n) is 2.96. The molecule has 0 aliphatic rings. The summed E-state index contributed by atoms with van der Waals surface area (Å²) in [6.45, 7) is 3.83. The number of aromatic amines is 1. The lowest BCUT2D eigenvalue weighted by atomic mass is 10.2. The molecule has 2 N–H and O–H groups in total. The Morgan fingerprint density at radius 1 is 1.21 bits per heavy atom. The van der Waals surface area contributed by atoms with Gasteiger partial charge in [-0.3, -0.25) is 4.79 Å². The third-order valence-electron chi connectivity index (χ3n) is 4.54. The summed E-state index contributed by atoms with van der Waals surface area (Å²) in [6, 6.07) is 13.3. The minimum Gasteiger partial charge on any atom is -0.338 e. The van der Waals surface area contributed by atoms with Gasteiger partial charge in [0, 0.05) is 21.6 Å². The average molecular weight is 412 g/mol. The summed E-state index contributed by atoms with van der Waals surface area (Å²) >= 11 is 7.44. The Labute approximate surface area is 171 Å². The quantitative estimate of drug-likeness (QED) is 0.452. The number of nitrogens with one attached hydrogen (secondary N) is 2. The molecule has 1 amide bonds. The van der Waals surface area contributed by atoms with Crippen LogP contribution in [0.1, 0.15) is 18.9 Å². The number of fused-ring (bicyclic) bond motifs is 3. The monoisotopic (exact) mass is 411 g/mol. The van der Waals surface area contributed by atoms with Crippen LogP contribution in [0.25, 0.3) is 22.1 Å². The zero-order chi connectivity index (χ0) is 19.7. The molecule has 0 aliphatic carbocycles. The molecule has 0 saturated carbocycles. The third kappa shape index (κ3) is 3.55. The first-order valence-corrected chi connectivity index (χ1v) is 10.2. The van der Waals surface area contributed by atoms with Gasteiger partial charge in [0.15, 0.2) is 5.65 Å². The summed E-state index contributed by atoms with van der Waals surface area (Å²) < 4.78 is 0. The van der Waals surface area contributed by atoms with Crippen LogP contribution in [0.3, 0.4) is 0 Å². The number of carbonyl (C=O) groups excluding carboxylic acids is 1. The number of rotatable bonds is 5.